The highest BCUT2D eigenvalue weighted by Gasteiger charge is 2.62. The third-order valence-electron chi connectivity index (χ3n) is 4.59. The topological polar surface area (TPSA) is 52.7 Å². The molecule has 1 aromatic rings. The number of amides is 2. The van der Waals surface area contributed by atoms with E-state index in [0.717, 1.165) is 11.3 Å². The first kappa shape index (κ1) is 16.8. The van der Waals surface area contributed by atoms with Gasteiger partial charge in [0.25, 0.3) is 5.92 Å². The molecule has 0 bridgehead atoms. The average molecular weight is 337 g/mol. The van der Waals surface area contributed by atoms with E-state index in [0.29, 0.717) is 26.2 Å². The summed E-state index contributed by atoms with van der Waals surface area (Å²) in [5, 5.41) is 2.87. The van der Waals surface area contributed by atoms with Crippen LogP contribution in [0.2, 0.25) is 0 Å². The highest BCUT2D eigenvalue weighted by Crippen LogP contribution is 2.49. The van der Waals surface area contributed by atoms with Gasteiger partial charge in [-0.3, -0.25) is 14.5 Å². The van der Waals surface area contributed by atoms with Crippen LogP contribution in [0.25, 0.3) is 0 Å². The number of piperazine rings is 1. The maximum absolute atomic E-state index is 13.0. The number of hydrogen-bond donors (Lipinski definition) is 1. The molecular weight excluding hydrogens is 316 g/mol. The van der Waals surface area contributed by atoms with E-state index in [-0.39, 0.29) is 18.9 Å². The number of nitrogens with zero attached hydrogens (tertiary/aromatic N) is 2. The van der Waals surface area contributed by atoms with E-state index >= 15 is 0 Å². The highest BCUT2D eigenvalue weighted by molar-refractivity contribution is 5.93. The number of benzene rings is 1. The van der Waals surface area contributed by atoms with E-state index in [1.54, 1.807) is 0 Å². The van der Waals surface area contributed by atoms with Crippen LogP contribution in [0.4, 0.5) is 14.5 Å². The van der Waals surface area contributed by atoms with Gasteiger partial charge < -0.3 is 10.2 Å². The summed E-state index contributed by atoms with van der Waals surface area (Å²) in [5.74, 6) is -4.52. The summed E-state index contributed by atoms with van der Waals surface area (Å²) >= 11 is 0. The third-order valence-corrected chi connectivity index (χ3v) is 4.59. The van der Waals surface area contributed by atoms with Crippen molar-refractivity contribution >= 4 is 17.5 Å². The highest BCUT2D eigenvalue weighted by atomic mass is 19.3. The van der Waals surface area contributed by atoms with Gasteiger partial charge in [-0.25, -0.2) is 8.78 Å². The molecule has 1 unspecified atom stereocenters. The number of rotatable bonds is 4. The van der Waals surface area contributed by atoms with Crippen molar-refractivity contribution in [2.45, 2.75) is 19.3 Å². The van der Waals surface area contributed by atoms with Gasteiger partial charge in [0.15, 0.2) is 0 Å². The van der Waals surface area contributed by atoms with Crippen LogP contribution in [-0.4, -0.2) is 60.3 Å². The number of carbonyl (C=O) groups excluding carboxylic acids is 2. The van der Waals surface area contributed by atoms with Crippen LogP contribution in [0, 0.1) is 12.8 Å². The van der Waals surface area contributed by atoms with Gasteiger partial charge in [-0.1, -0.05) is 18.2 Å². The van der Waals surface area contributed by atoms with Crippen LogP contribution in [0.5, 0.6) is 0 Å². The van der Waals surface area contributed by atoms with Crippen molar-refractivity contribution in [3.8, 4) is 0 Å². The Labute approximate surface area is 139 Å². The van der Waals surface area contributed by atoms with Crippen LogP contribution in [0.3, 0.4) is 0 Å². The maximum atomic E-state index is 13.0. The van der Waals surface area contributed by atoms with E-state index in [9.17, 15) is 18.4 Å². The second kappa shape index (κ2) is 6.47. The number of halogens is 2. The standard InChI is InChI=1S/C17H21F2N3O2/c1-12-4-2-3-5-14(12)20-15(23)11-21-6-8-22(9-7-21)16(24)13-10-17(13,18)19/h2-5,13H,6-11H2,1H3,(H,20,23). The van der Waals surface area contributed by atoms with Crippen molar-refractivity contribution in [2.75, 3.05) is 38.0 Å². The van der Waals surface area contributed by atoms with Crippen LogP contribution in [-0.2, 0) is 9.59 Å². The lowest BCUT2D eigenvalue weighted by Gasteiger charge is -2.34. The molecule has 5 nitrogen and oxygen atoms in total. The molecule has 2 aliphatic rings. The molecule has 2 fully saturated rings. The molecule has 1 saturated heterocycles. The van der Waals surface area contributed by atoms with Crippen molar-refractivity contribution < 1.29 is 18.4 Å². The second-order valence-electron chi connectivity index (χ2n) is 6.48. The van der Waals surface area contributed by atoms with Gasteiger partial charge in [0.1, 0.15) is 5.92 Å². The van der Waals surface area contributed by atoms with Crippen molar-refractivity contribution in [1.29, 1.82) is 0 Å². The summed E-state index contributed by atoms with van der Waals surface area (Å²) in [6.07, 6.45) is -0.328. The molecule has 1 aliphatic heterocycles. The van der Waals surface area contributed by atoms with Gasteiger partial charge in [-0.15, -0.1) is 0 Å². The quantitative estimate of drug-likeness (QED) is 0.910. The predicted molar refractivity (Wildman–Crippen MR) is 85.9 cm³/mol. The smallest absolute Gasteiger partial charge is 0.260 e. The van der Waals surface area contributed by atoms with E-state index in [4.69, 9.17) is 0 Å². The Morgan fingerprint density at radius 1 is 1.21 bits per heavy atom. The molecule has 7 heteroatoms. The maximum Gasteiger partial charge on any atom is 0.260 e. The molecule has 24 heavy (non-hydrogen) atoms. The lowest BCUT2D eigenvalue weighted by Crippen LogP contribution is -2.51. The summed E-state index contributed by atoms with van der Waals surface area (Å²) < 4.78 is 26.0. The Hall–Kier alpha value is -2.02. The average Bonchev–Trinajstić information content (AvgIpc) is 3.18. The molecule has 1 aromatic carbocycles. The fraction of sp³-hybridized carbons (Fsp3) is 0.529. The molecule has 130 valence electrons. The first-order chi connectivity index (χ1) is 11.4. The van der Waals surface area contributed by atoms with Crippen molar-refractivity contribution in [2.24, 2.45) is 5.92 Å². The minimum atomic E-state index is -2.82. The molecule has 0 aromatic heterocycles. The van der Waals surface area contributed by atoms with Gasteiger partial charge in [-0.05, 0) is 18.6 Å². The first-order valence-corrected chi connectivity index (χ1v) is 8.11. The molecule has 1 heterocycles. The zero-order chi connectivity index (χ0) is 17.3. The third kappa shape index (κ3) is 3.72. The summed E-state index contributed by atoms with van der Waals surface area (Å²) in [6.45, 7) is 3.98. The Balaban J connectivity index is 1.45. The Morgan fingerprint density at radius 3 is 2.42 bits per heavy atom. The van der Waals surface area contributed by atoms with Gasteiger partial charge in [0, 0.05) is 38.3 Å². The molecule has 1 N–H and O–H groups in total. The zero-order valence-electron chi connectivity index (χ0n) is 13.6. The number of anilines is 1. The molecule has 1 saturated carbocycles. The van der Waals surface area contributed by atoms with Crippen molar-refractivity contribution in [3.63, 3.8) is 0 Å². The number of nitrogens with one attached hydrogen (secondary N) is 1. The number of carbonyl (C=O) groups is 2. The van der Waals surface area contributed by atoms with E-state index in [2.05, 4.69) is 5.32 Å². The Kier molecular flexibility index (Phi) is 4.54. The summed E-state index contributed by atoms with van der Waals surface area (Å²) in [7, 11) is 0. The van der Waals surface area contributed by atoms with E-state index in [1.165, 1.54) is 4.90 Å². The van der Waals surface area contributed by atoms with Crippen LogP contribution < -0.4 is 5.32 Å². The molecule has 1 aliphatic carbocycles. The van der Waals surface area contributed by atoms with Gasteiger partial charge in [-0.2, -0.15) is 0 Å². The minimum Gasteiger partial charge on any atom is -0.340 e. The Bertz CT molecular complexity index is 642. The molecule has 2 amide bonds. The van der Waals surface area contributed by atoms with Crippen molar-refractivity contribution in [1.82, 2.24) is 9.80 Å². The monoisotopic (exact) mass is 337 g/mol. The SMILES string of the molecule is Cc1ccccc1NC(=O)CN1CCN(C(=O)C2CC2(F)F)CC1. The van der Waals surface area contributed by atoms with Crippen LogP contribution in [0.15, 0.2) is 24.3 Å². The summed E-state index contributed by atoms with van der Waals surface area (Å²) in [4.78, 5) is 27.5. The number of alkyl halides is 2. The molecule has 3 rings (SSSR count). The number of para-hydroxylation sites is 1. The number of aryl methyl sites for hydroxylation is 1. The summed E-state index contributed by atoms with van der Waals surface area (Å²) in [6, 6.07) is 7.54. The fourth-order valence-electron chi connectivity index (χ4n) is 2.93. The van der Waals surface area contributed by atoms with Crippen LogP contribution in [0.1, 0.15) is 12.0 Å². The molecule has 0 spiro atoms. The van der Waals surface area contributed by atoms with Gasteiger partial charge >= 0.3 is 0 Å². The second-order valence-corrected chi connectivity index (χ2v) is 6.48. The molecule has 1 atom stereocenters. The normalized spacial score (nSPS) is 23.0. The minimum absolute atomic E-state index is 0.113. The fourth-order valence-corrected chi connectivity index (χ4v) is 2.93. The first-order valence-electron chi connectivity index (χ1n) is 8.11. The zero-order valence-corrected chi connectivity index (χ0v) is 13.6. The number of hydrogen-bond acceptors (Lipinski definition) is 3. The summed E-state index contributed by atoms with van der Waals surface area (Å²) in [5.41, 5.74) is 1.78. The lowest BCUT2D eigenvalue weighted by molar-refractivity contribution is -0.136. The van der Waals surface area contributed by atoms with E-state index < -0.39 is 17.7 Å². The van der Waals surface area contributed by atoms with Gasteiger partial charge in [0.05, 0.1) is 6.54 Å². The predicted octanol–water partition coefficient (Wildman–Crippen LogP) is 1.73. The largest absolute Gasteiger partial charge is 0.340 e. The molecule has 0 radical (unpaired) electrons. The lowest BCUT2D eigenvalue weighted by atomic mass is 10.2. The Morgan fingerprint density at radius 2 is 1.83 bits per heavy atom. The van der Waals surface area contributed by atoms with E-state index in [1.807, 2.05) is 36.1 Å². The molecular formula is C17H21F2N3O2. The van der Waals surface area contributed by atoms with Gasteiger partial charge in [0.2, 0.25) is 11.8 Å². The van der Waals surface area contributed by atoms with Crippen molar-refractivity contribution in [3.05, 3.63) is 29.8 Å². The van der Waals surface area contributed by atoms with Crippen LogP contribution >= 0.6 is 0 Å².